The third kappa shape index (κ3) is 4.40. The van der Waals surface area contributed by atoms with Crippen molar-refractivity contribution in [2.45, 2.75) is 13.3 Å². The van der Waals surface area contributed by atoms with Crippen molar-refractivity contribution in [3.05, 3.63) is 42.5 Å². The number of amides is 3. The fourth-order valence-electron chi connectivity index (χ4n) is 2.91. The Labute approximate surface area is 162 Å². The Morgan fingerprint density at radius 3 is 2.71 bits per heavy atom. The Morgan fingerprint density at radius 2 is 1.96 bits per heavy atom. The third-order valence-corrected chi connectivity index (χ3v) is 4.13. The van der Waals surface area contributed by atoms with Crippen LogP contribution in [-0.2, 0) is 14.4 Å². The lowest BCUT2D eigenvalue weighted by Crippen LogP contribution is -2.37. The number of para-hydroxylation sites is 2. The van der Waals surface area contributed by atoms with Crippen molar-refractivity contribution in [2.24, 2.45) is 0 Å². The molecule has 8 nitrogen and oxygen atoms in total. The van der Waals surface area contributed by atoms with Gasteiger partial charge >= 0.3 is 0 Å². The van der Waals surface area contributed by atoms with Crippen LogP contribution in [-0.4, -0.2) is 38.0 Å². The van der Waals surface area contributed by atoms with Gasteiger partial charge in [-0.3, -0.25) is 19.3 Å². The molecule has 0 atom stereocenters. The van der Waals surface area contributed by atoms with Crippen molar-refractivity contribution in [1.29, 1.82) is 0 Å². The minimum Gasteiger partial charge on any atom is -0.495 e. The van der Waals surface area contributed by atoms with Gasteiger partial charge in [-0.05, 0) is 30.3 Å². The highest BCUT2D eigenvalue weighted by Gasteiger charge is 2.25. The molecule has 0 aliphatic carbocycles. The van der Waals surface area contributed by atoms with Gasteiger partial charge < -0.3 is 20.1 Å². The van der Waals surface area contributed by atoms with Gasteiger partial charge in [-0.25, -0.2) is 0 Å². The Hall–Kier alpha value is -3.55. The zero-order valence-corrected chi connectivity index (χ0v) is 15.7. The highest BCUT2D eigenvalue weighted by atomic mass is 16.5. The van der Waals surface area contributed by atoms with Crippen LogP contribution in [0.25, 0.3) is 0 Å². The van der Waals surface area contributed by atoms with Crippen molar-refractivity contribution in [2.75, 3.05) is 35.8 Å². The van der Waals surface area contributed by atoms with E-state index >= 15 is 0 Å². The smallest absolute Gasteiger partial charge is 0.244 e. The molecule has 0 spiro atoms. The number of carbonyl (C=O) groups is 3. The average molecular weight is 383 g/mol. The van der Waals surface area contributed by atoms with Gasteiger partial charge in [0.2, 0.25) is 17.7 Å². The van der Waals surface area contributed by atoms with E-state index in [4.69, 9.17) is 9.47 Å². The number of nitrogens with one attached hydrogen (secondary N) is 2. The van der Waals surface area contributed by atoms with E-state index in [1.54, 1.807) is 36.4 Å². The van der Waals surface area contributed by atoms with Gasteiger partial charge in [0.1, 0.15) is 18.0 Å². The number of hydrogen-bond acceptors (Lipinski definition) is 5. The molecule has 0 unspecified atom stereocenters. The second kappa shape index (κ2) is 8.43. The van der Waals surface area contributed by atoms with E-state index in [0.717, 1.165) is 0 Å². The lowest BCUT2D eigenvalue weighted by molar-refractivity contribution is -0.121. The van der Waals surface area contributed by atoms with Gasteiger partial charge in [-0.2, -0.15) is 0 Å². The second-order valence-electron chi connectivity index (χ2n) is 6.19. The summed E-state index contributed by atoms with van der Waals surface area (Å²) in [5.74, 6) is 0.177. The molecular formula is C20H21N3O5. The monoisotopic (exact) mass is 383 g/mol. The first kappa shape index (κ1) is 19.2. The minimum absolute atomic E-state index is 0.174. The third-order valence-electron chi connectivity index (χ3n) is 4.13. The molecule has 8 heteroatoms. The quantitative estimate of drug-likeness (QED) is 0.826. The van der Waals surface area contributed by atoms with E-state index in [1.807, 2.05) is 6.07 Å². The zero-order chi connectivity index (χ0) is 20.1. The number of ether oxygens (including phenoxy) is 2. The van der Waals surface area contributed by atoms with Crippen molar-refractivity contribution in [3.8, 4) is 11.5 Å². The van der Waals surface area contributed by atoms with Crippen LogP contribution >= 0.6 is 0 Å². The first-order valence-corrected chi connectivity index (χ1v) is 8.75. The SMILES string of the molecule is COc1ccc(NC(C)=O)cc1NC(=O)CN1C(=O)CCOc2ccccc21. The number of carbonyl (C=O) groups excluding carboxylic acids is 3. The molecule has 0 saturated heterocycles. The molecule has 0 saturated carbocycles. The van der Waals surface area contributed by atoms with E-state index < -0.39 is 5.91 Å². The predicted molar refractivity (Wildman–Crippen MR) is 105 cm³/mol. The van der Waals surface area contributed by atoms with E-state index in [9.17, 15) is 14.4 Å². The van der Waals surface area contributed by atoms with Gasteiger partial charge in [0, 0.05) is 12.6 Å². The van der Waals surface area contributed by atoms with Gasteiger partial charge in [0.05, 0.1) is 31.5 Å². The molecule has 0 fully saturated rings. The molecule has 2 aromatic rings. The molecule has 28 heavy (non-hydrogen) atoms. The molecule has 1 heterocycles. The first-order valence-electron chi connectivity index (χ1n) is 8.75. The van der Waals surface area contributed by atoms with E-state index in [-0.39, 0.29) is 31.4 Å². The van der Waals surface area contributed by atoms with Crippen LogP contribution in [0.2, 0.25) is 0 Å². The minimum atomic E-state index is -0.400. The molecule has 0 bridgehead atoms. The number of anilines is 3. The predicted octanol–water partition coefficient (Wildman–Crippen LogP) is 2.41. The van der Waals surface area contributed by atoms with Gasteiger partial charge in [0.15, 0.2) is 0 Å². The summed E-state index contributed by atoms with van der Waals surface area (Å²) >= 11 is 0. The highest BCUT2D eigenvalue weighted by molar-refractivity contribution is 6.04. The number of fused-ring (bicyclic) bond motifs is 1. The summed E-state index contributed by atoms with van der Waals surface area (Å²) in [4.78, 5) is 37.8. The fraction of sp³-hybridized carbons (Fsp3) is 0.250. The summed E-state index contributed by atoms with van der Waals surface area (Å²) in [5.41, 5.74) is 1.47. The van der Waals surface area contributed by atoms with Crippen molar-refractivity contribution < 1.29 is 23.9 Å². The largest absolute Gasteiger partial charge is 0.495 e. The number of hydrogen-bond donors (Lipinski definition) is 2. The Balaban J connectivity index is 1.80. The number of rotatable bonds is 5. The van der Waals surface area contributed by atoms with Crippen LogP contribution in [0.4, 0.5) is 17.1 Å². The Morgan fingerprint density at radius 1 is 1.18 bits per heavy atom. The van der Waals surface area contributed by atoms with Gasteiger partial charge in [-0.15, -0.1) is 0 Å². The molecule has 0 radical (unpaired) electrons. The lowest BCUT2D eigenvalue weighted by atomic mass is 10.2. The summed E-state index contributed by atoms with van der Waals surface area (Å²) in [6.07, 6.45) is 0.184. The van der Waals surface area contributed by atoms with E-state index in [0.29, 0.717) is 28.6 Å². The topological polar surface area (TPSA) is 97.0 Å². The standard InChI is InChI=1S/C20H21N3O5/c1-13(24)21-14-7-8-17(27-2)15(11-14)22-19(25)12-23-16-5-3-4-6-18(16)28-10-9-20(23)26/h3-8,11H,9-10,12H2,1-2H3,(H,21,24)(H,22,25). The van der Waals surface area contributed by atoms with Crippen LogP contribution in [0.3, 0.4) is 0 Å². The maximum absolute atomic E-state index is 12.7. The maximum atomic E-state index is 12.7. The van der Waals surface area contributed by atoms with Crippen molar-refractivity contribution in [1.82, 2.24) is 0 Å². The molecule has 146 valence electrons. The first-order chi connectivity index (χ1) is 13.5. The number of benzene rings is 2. The van der Waals surface area contributed by atoms with Crippen LogP contribution in [0.1, 0.15) is 13.3 Å². The number of nitrogens with zero attached hydrogens (tertiary/aromatic N) is 1. The summed E-state index contributed by atoms with van der Waals surface area (Å²) in [5, 5.41) is 5.40. The Bertz CT molecular complexity index is 912. The number of methoxy groups -OCH3 is 1. The molecule has 0 aromatic heterocycles. The summed E-state index contributed by atoms with van der Waals surface area (Å²) in [7, 11) is 1.48. The van der Waals surface area contributed by atoms with E-state index in [2.05, 4.69) is 10.6 Å². The van der Waals surface area contributed by atoms with Crippen molar-refractivity contribution >= 4 is 34.8 Å². The molecular weight excluding hydrogens is 362 g/mol. The lowest BCUT2D eigenvalue weighted by Gasteiger charge is -2.21. The second-order valence-corrected chi connectivity index (χ2v) is 6.19. The van der Waals surface area contributed by atoms with Crippen molar-refractivity contribution in [3.63, 3.8) is 0 Å². The van der Waals surface area contributed by atoms with E-state index in [1.165, 1.54) is 18.9 Å². The maximum Gasteiger partial charge on any atom is 0.244 e. The molecule has 1 aliphatic heterocycles. The molecule has 1 aliphatic rings. The summed E-state index contributed by atoms with van der Waals surface area (Å²) in [6.45, 7) is 1.49. The van der Waals surface area contributed by atoms with Gasteiger partial charge in [0.25, 0.3) is 0 Å². The highest BCUT2D eigenvalue weighted by Crippen LogP contribution is 2.31. The molecule has 2 N–H and O–H groups in total. The van der Waals surface area contributed by atoms with Crippen LogP contribution in [0.15, 0.2) is 42.5 Å². The molecule has 3 amide bonds. The van der Waals surface area contributed by atoms with Crippen LogP contribution in [0, 0.1) is 0 Å². The Kier molecular flexibility index (Phi) is 5.78. The normalized spacial score (nSPS) is 13.1. The molecule has 2 aromatic carbocycles. The summed E-state index contributed by atoms with van der Waals surface area (Å²) < 4.78 is 10.8. The fourth-order valence-corrected chi connectivity index (χ4v) is 2.91. The van der Waals surface area contributed by atoms with Crippen LogP contribution < -0.4 is 25.0 Å². The van der Waals surface area contributed by atoms with Gasteiger partial charge in [-0.1, -0.05) is 12.1 Å². The molecule has 3 rings (SSSR count). The van der Waals surface area contributed by atoms with Crippen LogP contribution in [0.5, 0.6) is 11.5 Å². The summed E-state index contributed by atoms with van der Waals surface area (Å²) in [6, 6.07) is 12.0. The average Bonchev–Trinajstić information content (AvgIpc) is 2.81. The zero-order valence-electron chi connectivity index (χ0n) is 15.7.